The van der Waals surface area contributed by atoms with Crippen molar-refractivity contribution in [3.63, 3.8) is 0 Å². The predicted octanol–water partition coefficient (Wildman–Crippen LogP) is 2.07. The van der Waals surface area contributed by atoms with Crippen LogP contribution in [0.1, 0.15) is 12.0 Å². The quantitative estimate of drug-likeness (QED) is 0.453. The normalized spacial score (nSPS) is 10.8. The van der Waals surface area contributed by atoms with Gasteiger partial charge in [0, 0.05) is 31.3 Å². The van der Waals surface area contributed by atoms with Crippen molar-refractivity contribution in [2.75, 3.05) is 25.7 Å². The van der Waals surface area contributed by atoms with Crippen LogP contribution in [-0.4, -0.2) is 25.3 Å². The Hall–Kier alpha value is -1.69. The van der Waals surface area contributed by atoms with Crippen molar-refractivity contribution >= 4 is 16.7 Å². The van der Waals surface area contributed by atoms with Crippen LogP contribution >= 0.6 is 0 Å². The number of benzene rings is 1. The molecule has 2 rings (SSSR count). The summed E-state index contributed by atoms with van der Waals surface area (Å²) >= 11 is 0. The van der Waals surface area contributed by atoms with Crippen molar-refractivity contribution in [3.8, 4) is 0 Å². The van der Waals surface area contributed by atoms with Gasteiger partial charge in [-0.05, 0) is 18.6 Å². The van der Waals surface area contributed by atoms with Crippen molar-refractivity contribution in [1.29, 1.82) is 0 Å². The molecule has 0 atom stereocenters. The molecule has 0 aliphatic carbocycles. The summed E-state index contributed by atoms with van der Waals surface area (Å²) in [4.78, 5) is 4.47. The molecule has 3 N–H and O–H groups in total. The molecule has 2 aromatic rings. The first-order valence-corrected chi connectivity index (χ1v) is 6.27. The van der Waals surface area contributed by atoms with Crippen LogP contribution in [0.25, 0.3) is 10.9 Å². The fraction of sp³-hybridized carbons (Fsp3) is 0.357. The Balaban J connectivity index is 2.08. The molecule has 0 aliphatic heterocycles. The molecule has 1 aromatic carbocycles. The number of methoxy groups -OCH3 is 1. The summed E-state index contributed by atoms with van der Waals surface area (Å²) in [7, 11) is 1.68. The molecule has 0 amide bonds. The van der Waals surface area contributed by atoms with E-state index in [2.05, 4.69) is 10.4 Å². The predicted molar refractivity (Wildman–Crippen MR) is 75.7 cm³/mol. The number of rotatable bonds is 7. The van der Waals surface area contributed by atoms with Gasteiger partial charge < -0.3 is 14.9 Å². The van der Waals surface area contributed by atoms with E-state index in [4.69, 9.17) is 15.3 Å². The fourth-order valence-corrected chi connectivity index (χ4v) is 1.88. The van der Waals surface area contributed by atoms with Gasteiger partial charge in [-0.3, -0.25) is 0 Å². The SMILES string of the molecule is COCCCOCc1cc2ccccc2nc1NN. The summed E-state index contributed by atoms with van der Waals surface area (Å²) in [6.45, 7) is 1.85. The van der Waals surface area contributed by atoms with Gasteiger partial charge in [0.2, 0.25) is 0 Å². The van der Waals surface area contributed by atoms with Gasteiger partial charge in [0.15, 0.2) is 0 Å². The number of fused-ring (bicyclic) bond motifs is 1. The van der Waals surface area contributed by atoms with Crippen LogP contribution < -0.4 is 11.3 Å². The van der Waals surface area contributed by atoms with E-state index in [1.54, 1.807) is 7.11 Å². The maximum atomic E-state index is 5.60. The number of nitrogens with zero attached hydrogens (tertiary/aromatic N) is 1. The van der Waals surface area contributed by atoms with E-state index in [-0.39, 0.29) is 0 Å². The minimum Gasteiger partial charge on any atom is -0.385 e. The van der Waals surface area contributed by atoms with E-state index in [0.29, 0.717) is 25.6 Å². The molecule has 0 saturated heterocycles. The van der Waals surface area contributed by atoms with Crippen LogP contribution in [0, 0.1) is 0 Å². The zero-order chi connectivity index (χ0) is 13.5. The molecule has 19 heavy (non-hydrogen) atoms. The Kier molecular flexibility index (Phi) is 5.09. The molecular formula is C14H19N3O2. The topological polar surface area (TPSA) is 69.4 Å². The van der Waals surface area contributed by atoms with Gasteiger partial charge in [0.1, 0.15) is 5.82 Å². The Labute approximate surface area is 112 Å². The average Bonchev–Trinajstić information content (AvgIpc) is 2.46. The maximum Gasteiger partial charge on any atom is 0.146 e. The van der Waals surface area contributed by atoms with Crippen LogP contribution in [0.5, 0.6) is 0 Å². The highest BCUT2D eigenvalue weighted by Gasteiger charge is 2.05. The highest BCUT2D eigenvalue weighted by molar-refractivity contribution is 5.81. The standard InChI is InChI=1S/C14H19N3O2/c1-18-7-4-8-19-10-12-9-11-5-2-3-6-13(11)16-14(12)17-15/h2-3,5-6,9H,4,7-8,10,15H2,1H3,(H,16,17). The van der Waals surface area contributed by atoms with Crippen molar-refractivity contribution in [3.05, 3.63) is 35.9 Å². The van der Waals surface area contributed by atoms with Crippen LogP contribution in [0.3, 0.4) is 0 Å². The van der Waals surface area contributed by atoms with E-state index >= 15 is 0 Å². The van der Waals surface area contributed by atoms with Gasteiger partial charge in [0.05, 0.1) is 12.1 Å². The number of aromatic nitrogens is 1. The number of nitrogens with two attached hydrogens (primary N) is 1. The molecule has 0 bridgehead atoms. The molecule has 0 spiro atoms. The van der Waals surface area contributed by atoms with E-state index in [1.807, 2.05) is 30.3 Å². The lowest BCUT2D eigenvalue weighted by Gasteiger charge is -2.10. The van der Waals surface area contributed by atoms with E-state index in [1.165, 1.54) is 0 Å². The molecule has 102 valence electrons. The lowest BCUT2D eigenvalue weighted by Crippen LogP contribution is -2.12. The Morgan fingerprint density at radius 3 is 2.89 bits per heavy atom. The van der Waals surface area contributed by atoms with Gasteiger partial charge in [-0.25, -0.2) is 10.8 Å². The van der Waals surface area contributed by atoms with Crippen LogP contribution in [0.2, 0.25) is 0 Å². The van der Waals surface area contributed by atoms with Crippen molar-refractivity contribution in [2.45, 2.75) is 13.0 Å². The number of hydrogen-bond donors (Lipinski definition) is 2. The van der Waals surface area contributed by atoms with Gasteiger partial charge >= 0.3 is 0 Å². The van der Waals surface area contributed by atoms with Crippen LogP contribution in [-0.2, 0) is 16.1 Å². The second-order valence-corrected chi connectivity index (χ2v) is 4.23. The summed E-state index contributed by atoms with van der Waals surface area (Å²) in [5.41, 5.74) is 4.50. The molecular weight excluding hydrogens is 242 g/mol. The summed E-state index contributed by atoms with van der Waals surface area (Å²) in [5, 5.41) is 1.08. The van der Waals surface area contributed by atoms with Crippen LogP contribution in [0.4, 0.5) is 5.82 Å². The molecule has 0 saturated carbocycles. The van der Waals surface area contributed by atoms with Gasteiger partial charge in [-0.2, -0.15) is 0 Å². The number of hydrogen-bond acceptors (Lipinski definition) is 5. The van der Waals surface area contributed by atoms with E-state index in [0.717, 1.165) is 22.9 Å². The fourth-order valence-electron chi connectivity index (χ4n) is 1.88. The molecule has 1 heterocycles. The monoisotopic (exact) mass is 261 g/mol. The zero-order valence-electron chi connectivity index (χ0n) is 11.1. The number of anilines is 1. The van der Waals surface area contributed by atoms with Gasteiger partial charge in [0.25, 0.3) is 0 Å². The molecule has 1 aromatic heterocycles. The highest BCUT2D eigenvalue weighted by atomic mass is 16.5. The Morgan fingerprint density at radius 1 is 1.26 bits per heavy atom. The number of nitrogens with one attached hydrogen (secondary N) is 1. The zero-order valence-corrected chi connectivity index (χ0v) is 11.1. The second-order valence-electron chi connectivity index (χ2n) is 4.23. The molecule has 0 fully saturated rings. The first-order chi connectivity index (χ1) is 9.35. The van der Waals surface area contributed by atoms with Gasteiger partial charge in [-0.1, -0.05) is 18.2 Å². The summed E-state index contributed by atoms with van der Waals surface area (Å²) in [6, 6.07) is 9.98. The average molecular weight is 261 g/mol. The van der Waals surface area contributed by atoms with Crippen molar-refractivity contribution in [2.24, 2.45) is 5.84 Å². The molecule has 0 unspecified atom stereocenters. The molecule has 5 nitrogen and oxygen atoms in total. The summed E-state index contributed by atoms with van der Waals surface area (Å²) in [6.07, 6.45) is 0.878. The highest BCUT2D eigenvalue weighted by Crippen LogP contribution is 2.20. The van der Waals surface area contributed by atoms with Gasteiger partial charge in [-0.15, -0.1) is 0 Å². The van der Waals surface area contributed by atoms with Crippen LogP contribution in [0.15, 0.2) is 30.3 Å². The van der Waals surface area contributed by atoms with E-state index < -0.39 is 0 Å². The third-order valence-corrected chi connectivity index (χ3v) is 2.83. The number of para-hydroxylation sites is 1. The molecule has 0 radical (unpaired) electrons. The Morgan fingerprint density at radius 2 is 2.11 bits per heavy atom. The summed E-state index contributed by atoms with van der Waals surface area (Å²) < 4.78 is 10.6. The Bertz CT molecular complexity index is 531. The molecule has 5 heteroatoms. The molecule has 0 aliphatic rings. The van der Waals surface area contributed by atoms with Crippen molar-refractivity contribution < 1.29 is 9.47 Å². The lowest BCUT2D eigenvalue weighted by atomic mass is 10.1. The smallest absolute Gasteiger partial charge is 0.146 e. The second kappa shape index (κ2) is 7.04. The third kappa shape index (κ3) is 3.64. The van der Waals surface area contributed by atoms with E-state index in [9.17, 15) is 0 Å². The minimum atomic E-state index is 0.487. The largest absolute Gasteiger partial charge is 0.385 e. The first-order valence-electron chi connectivity index (χ1n) is 6.27. The summed E-state index contributed by atoms with van der Waals surface area (Å²) in [5.74, 6) is 6.16. The minimum absolute atomic E-state index is 0.487. The maximum absolute atomic E-state index is 5.60. The number of ether oxygens (including phenoxy) is 2. The lowest BCUT2D eigenvalue weighted by molar-refractivity contribution is 0.0931. The first kappa shape index (κ1) is 13.7. The third-order valence-electron chi connectivity index (χ3n) is 2.83. The number of nitrogen functional groups attached to an aromatic ring is 1. The number of pyridine rings is 1. The number of hydrazine groups is 1. The van der Waals surface area contributed by atoms with Crippen molar-refractivity contribution in [1.82, 2.24) is 4.98 Å².